The smallest absolute Gasteiger partial charge is 0.258 e. The van der Waals surface area contributed by atoms with Crippen molar-refractivity contribution in [2.45, 2.75) is 30.6 Å². The Morgan fingerprint density at radius 3 is 2.94 bits per heavy atom. The number of benzene rings is 1. The molecule has 0 radical (unpaired) electrons. The Hall–Kier alpha value is -1.23. The summed E-state index contributed by atoms with van der Waals surface area (Å²) in [6.45, 7) is 0. The first-order chi connectivity index (χ1) is 8.63. The van der Waals surface area contributed by atoms with Gasteiger partial charge in [-0.15, -0.1) is 0 Å². The van der Waals surface area contributed by atoms with Gasteiger partial charge in [0.2, 0.25) is 0 Å². The minimum Gasteiger partial charge on any atom is -0.507 e. The molecule has 0 bridgehead atoms. The second kappa shape index (κ2) is 5.61. The molecular weight excluding hydrogens is 253 g/mol. The lowest BCUT2D eigenvalue weighted by Crippen LogP contribution is -2.39. The third-order valence-electron chi connectivity index (χ3n) is 3.29. The second-order valence-corrected chi connectivity index (χ2v) is 5.50. The van der Waals surface area contributed by atoms with E-state index in [1.165, 1.54) is 18.2 Å². The van der Waals surface area contributed by atoms with Gasteiger partial charge in [-0.05, 0) is 31.2 Å². The van der Waals surface area contributed by atoms with Gasteiger partial charge in [0.1, 0.15) is 17.1 Å². The molecule has 1 aliphatic carbocycles. The summed E-state index contributed by atoms with van der Waals surface area (Å²) in [7, 11) is 0. The highest BCUT2D eigenvalue weighted by Gasteiger charge is 2.29. The van der Waals surface area contributed by atoms with Crippen molar-refractivity contribution in [1.29, 1.82) is 0 Å². The van der Waals surface area contributed by atoms with E-state index in [2.05, 4.69) is 5.32 Å². The van der Waals surface area contributed by atoms with Crippen molar-refractivity contribution in [1.82, 2.24) is 5.32 Å². The predicted octanol–water partition coefficient (Wildman–Crippen LogP) is 2.55. The maximum Gasteiger partial charge on any atom is 0.258 e. The fourth-order valence-corrected chi connectivity index (χ4v) is 3.29. The van der Waals surface area contributed by atoms with Crippen molar-refractivity contribution in [2.75, 3.05) is 6.26 Å². The molecule has 5 heteroatoms. The van der Waals surface area contributed by atoms with E-state index in [4.69, 9.17) is 0 Å². The summed E-state index contributed by atoms with van der Waals surface area (Å²) in [5, 5.41) is 12.7. The zero-order valence-corrected chi connectivity index (χ0v) is 11.0. The van der Waals surface area contributed by atoms with Crippen molar-refractivity contribution in [2.24, 2.45) is 0 Å². The number of phenols is 1. The van der Waals surface area contributed by atoms with Crippen LogP contribution in [0.4, 0.5) is 4.39 Å². The third kappa shape index (κ3) is 2.61. The Morgan fingerprint density at radius 1 is 1.50 bits per heavy atom. The number of phenolic OH excluding ortho intramolecular Hbond substituents is 1. The first kappa shape index (κ1) is 13.2. The molecule has 2 atom stereocenters. The number of carbonyl (C=O) groups excluding carboxylic acids is 1. The number of halogens is 1. The quantitative estimate of drug-likeness (QED) is 0.886. The average Bonchev–Trinajstić information content (AvgIpc) is 2.76. The van der Waals surface area contributed by atoms with E-state index in [0.29, 0.717) is 5.25 Å². The molecule has 0 aliphatic heterocycles. The van der Waals surface area contributed by atoms with Gasteiger partial charge in [-0.2, -0.15) is 11.8 Å². The topological polar surface area (TPSA) is 49.3 Å². The number of hydrogen-bond donors (Lipinski definition) is 2. The minimum absolute atomic E-state index is 0.0616. The maximum atomic E-state index is 13.5. The molecule has 2 unspecified atom stereocenters. The number of thioether (sulfide) groups is 1. The van der Waals surface area contributed by atoms with E-state index in [1.54, 1.807) is 11.8 Å². The van der Waals surface area contributed by atoms with Crippen molar-refractivity contribution in [3.8, 4) is 5.75 Å². The Kier molecular flexibility index (Phi) is 4.11. The minimum atomic E-state index is -0.689. The molecular formula is C13H16FNO2S. The maximum absolute atomic E-state index is 13.5. The molecule has 18 heavy (non-hydrogen) atoms. The number of carbonyl (C=O) groups is 1. The van der Waals surface area contributed by atoms with E-state index in [0.717, 1.165) is 19.3 Å². The molecule has 2 N–H and O–H groups in total. The third-order valence-corrected chi connectivity index (χ3v) is 4.46. The molecule has 3 nitrogen and oxygen atoms in total. The van der Waals surface area contributed by atoms with Crippen molar-refractivity contribution in [3.05, 3.63) is 29.6 Å². The molecule has 0 spiro atoms. The standard InChI is InChI=1S/C13H16FNO2S/c1-18-11-7-3-5-9(11)15-13(17)12-8(14)4-2-6-10(12)16/h2,4,6,9,11,16H,3,5,7H2,1H3,(H,15,17). The summed E-state index contributed by atoms with van der Waals surface area (Å²) in [5.41, 5.74) is -0.260. The van der Waals surface area contributed by atoms with Crippen LogP contribution in [0, 0.1) is 5.82 Å². The van der Waals surface area contributed by atoms with Gasteiger partial charge in [0.05, 0.1) is 0 Å². The normalized spacial score (nSPS) is 23.0. The highest BCUT2D eigenvalue weighted by molar-refractivity contribution is 7.99. The highest BCUT2D eigenvalue weighted by atomic mass is 32.2. The lowest BCUT2D eigenvalue weighted by atomic mass is 10.1. The van der Waals surface area contributed by atoms with E-state index >= 15 is 0 Å². The predicted molar refractivity (Wildman–Crippen MR) is 70.5 cm³/mol. The Bertz CT molecular complexity index is 432. The summed E-state index contributed by atoms with van der Waals surface area (Å²) >= 11 is 1.72. The summed E-state index contributed by atoms with van der Waals surface area (Å²) in [4.78, 5) is 12.0. The summed E-state index contributed by atoms with van der Waals surface area (Å²) in [5.74, 6) is -1.53. The molecule has 1 amide bonds. The number of rotatable bonds is 3. The van der Waals surface area contributed by atoms with Crippen LogP contribution in [0.1, 0.15) is 29.6 Å². The van der Waals surface area contributed by atoms with E-state index in [-0.39, 0.29) is 17.4 Å². The molecule has 1 fully saturated rings. The van der Waals surface area contributed by atoms with Crippen molar-refractivity contribution in [3.63, 3.8) is 0 Å². The van der Waals surface area contributed by atoms with Crippen LogP contribution in [0.25, 0.3) is 0 Å². The van der Waals surface area contributed by atoms with Gasteiger partial charge in [0, 0.05) is 11.3 Å². The first-order valence-corrected chi connectivity index (χ1v) is 7.23. The number of hydrogen-bond acceptors (Lipinski definition) is 3. The highest BCUT2D eigenvalue weighted by Crippen LogP contribution is 2.29. The van der Waals surface area contributed by atoms with Crippen LogP contribution in [0.2, 0.25) is 0 Å². The number of aromatic hydroxyl groups is 1. The van der Waals surface area contributed by atoms with E-state index in [1.807, 2.05) is 6.26 Å². The first-order valence-electron chi connectivity index (χ1n) is 5.94. The summed E-state index contributed by atoms with van der Waals surface area (Å²) in [6.07, 6.45) is 5.05. The zero-order chi connectivity index (χ0) is 13.1. The van der Waals surface area contributed by atoms with Crippen LogP contribution >= 0.6 is 11.8 Å². The van der Waals surface area contributed by atoms with Crippen LogP contribution in [0.3, 0.4) is 0 Å². The van der Waals surface area contributed by atoms with Crippen LogP contribution < -0.4 is 5.32 Å². The molecule has 1 aromatic rings. The van der Waals surface area contributed by atoms with Gasteiger partial charge >= 0.3 is 0 Å². The van der Waals surface area contributed by atoms with Crippen molar-refractivity contribution < 1.29 is 14.3 Å². The van der Waals surface area contributed by atoms with Gasteiger partial charge in [0.25, 0.3) is 5.91 Å². The zero-order valence-electron chi connectivity index (χ0n) is 10.1. The number of nitrogens with one attached hydrogen (secondary N) is 1. The average molecular weight is 269 g/mol. The van der Waals surface area contributed by atoms with Crippen LogP contribution in [-0.4, -0.2) is 28.6 Å². The van der Waals surface area contributed by atoms with Gasteiger partial charge in [0.15, 0.2) is 0 Å². The van der Waals surface area contributed by atoms with Gasteiger partial charge in [-0.1, -0.05) is 12.5 Å². The lowest BCUT2D eigenvalue weighted by molar-refractivity contribution is 0.0931. The molecule has 2 rings (SSSR count). The Morgan fingerprint density at radius 2 is 2.28 bits per heavy atom. The SMILES string of the molecule is CSC1CCCC1NC(=O)c1c(O)cccc1F. The monoisotopic (exact) mass is 269 g/mol. The summed E-state index contributed by atoms with van der Waals surface area (Å²) < 4.78 is 13.5. The Balaban J connectivity index is 2.12. The Labute approximate surface area is 110 Å². The second-order valence-electron chi connectivity index (χ2n) is 4.42. The van der Waals surface area contributed by atoms with Crippen LogP contribution in [0.5, 0.6) is 5.75 Å². The molecule has 1 aliphatic rings. The molecule has 1 saturated carbocycles. The fraction of sp³-hybridized carbons (Fsp3) is 0.462. The van der Waals surface area contributed by atoms with Gasteiger partial charge in [-0.3, -0.25) is 4.79 Å². The molecule has 0 heterocycles. The number of amides is 1. The van der Waals surface area contributed by atoms with Crippen LogP contribution in [-0.2, 0) is 0 Å². The molecule has 98 valence electrons. The fourth-order valence-electron chi connectivity index (χ4n) is 2.35. The molecule has 0 aromatic heterocycles. The molecule has 0 saturated heterocycles. The largest absolute Gasteiger partial charge is 0.507 e. The molecule has 1 aromatic carbocycles. The lowest BCUT2D eigenvalue weighted by Gasteiger charge is -2.19. The van der Waals surface area contributed by atoms with Gasteiger partial charge < -0.3 is 10.4 Å². The van der Waals surface area contributed by atoms with Crippen LogP contribution in [0.15, 0.2) is 18.2 Å². The van der Waals surface area contributed by atoms with Gasteiger partial charge in [-0.25, -0.2) is 4.39 Å². The summed E-state index contributed by atoms with van der Waals surface area (Å²) in [6, 6.07) is 3.93. The van der Waals surface area contributed by atoms with E-state index < -0.39 is 11.7 Å². The van der Waals surface area contributed by atoms with E-state index in [9.17, 15) is 14.3 Å². The van der Waals surface area contributed by atoms with Crippen molar-refractivity contribution >= 4 is 17.7 Å².